The van der Waals surface area contributed by atoms with E-state index in [0.29, 0.717) is 0 Å². The number of carbonyl (C=O) groups is 3. The van der Waals surface area contributed by atoms with Crippen LogP contribution in [0.1, 0.15) is 18.4 Å². The maximum atomic E-state index is 12.7. The first-order valence-corrected chi connectivity index (χ1v) is 10.0. The fraction of sp³-hybridized carbons (Fsp3) is 0.526. The number of nitrogens with one attached hydrogen (secondary N) is 1. The Morgan fingerprint density at radius 3 is 2.56 bits per heavy atom. The molecule has 1 aromatic carbocycles. The van der Waals surface area contributed by atoms with Crippen molar-refractivity contribution in [3.05, 3.63) is 35.9 Å². The van der Waals surface area contributed by atoms with Crippen molar-refractivity contribution in [3.63, 3.8) is 0 Å². The van der Waals surface area contributed by atoms with E-state index >= 15 is 0 Å². The summed E-state index contributed by atoms with van der Waals surface area (Å²) in [6, 6.07) is 7.92. The van der Waals surface area contributed by atoms with E-state index in [1.807, 2.05) is 37.4 Å². The van der Waals surface area contributed by atoms with Crippen LogP contribution in [0.5, 0.6) is 0 Å². The lowest BCUT2D eigenvalue weighted by Gasteiger charge is -2.44. The predicted molar refractivity (Wildman–Crippen MR) is 101 cm³/mol. The molecule has 3 saturated heterocycles. The van der Waals surface area contributed by atoms with Crippen LogP contribution in [0.2, 0.25) is 0 Å². The minimum absolute atomic E-state index is 0.209. The molecule has 0 aliphatic carbocycles. The number of hydrogen-bond donors (Lipinski definition) is 2. The van der Waals surface area contributed by atoms with Crippen LogP contribution in [-0.4, -0.2) is 75.0 Å². The summed E-state index contributed by atoms with van der Waals surface area (Å²) in [7, 11) is 2.02. The van der Waals surface area contributed by atoms with Gasteiger partial charge in [-0.3, -0.25) is 9.59 Å². The molecule has 144 valence electrons. The van der Waals surface area contributed by atoms with Gasteiger partial charge in [0.1, 0.15) is 17.5 Å². The summed E-state index contributed by atoms with van der Waals surface area (Å²) in [6.07, 6.45) is 1.67. The molecule has 1 aromatic rings. The molecule has 2 amide bonds. The third-order valence-electron chi connectivity index (χ3n) is 5.80. The molecule has 4 rings (SSSR count). The number of rotatable bonds is 4. The quantitative estimate of drug-likeness (QED) is 0.731. The average molecular weight is 389 g/mol. The second-order valence-electron chi connectivity index (χ2n) is 7.57. The zero-order valence-corrected chi connectivity index (χ0v) is 15.9. The predicted octanol–water partition coefficient (Wildman–Crippen LogP) is 0.547. The number of piperidine rings is 1. The van der Waals surface area contributed by atoms with Crippen LogP contribution in [0.15, 0.2) is 30.3 Å². The Bertz CT molecular complexity index is 763. The number of amides is 2. The normalized spacial score (nSPS) is 29.3. The van der Waals surface area contributed by atoms with Crippen LogP contribution < -0.4 is 5.32 Å². The van der Waals surface area contributed by atoms with Gasteiger partial charge in [0.25, 0.3) is 0 Å². The number of thioether (sulfide) groups is 1. The van der Waals surface area contributed by atoms with Crippen molar-refractivity contribution in [3.8, 4) is 0 Å². The number of carbonyl (C=O) groups excluding carboxylic acids is 2. The van der Waals surface area contributed by atoms with Gasteiger partial charge in [-0.2, -0.15) is 0 Å². The first-order valence-electron chi connectivity index (χ1n) is 9.16. The second-order valence-corrected chi connectivity index (χ2v) is 9.10. The standard InChI is InChI=1S/C19H23N3O4S/c1-21-9-7-19(8-10-21)15(18(25)26)22-16(24)14(17(22)27-19)20-13(23)11-12-5-3-2-4-6-12/h2-6,14-15,17H,7-11H2,1H3,(H,20,23)(H,25,26)/t14?,15?,17-/m1/s1. The van der Waals surface area contributed by atoms with Gasteiger partial charge in [-0.15, -0.1) is 11.8 Å². The van der Waals surface area contributed by atoms with Gasteiger partial charge in [0, 0.05) is 0 Å². The third kappa shape index (κ3) is 3.10. The maximum absolute atomic E-state index is 12.7. The van der Waals surface area contributed by atoms with E-state index in [9.17, 15) is 19.5 Å². The van der Waals surface area contributed by atoms with Crippen LogP contribution in [0.4, 0.5) is 0 Å². The van der Waals surface area contributed by atoms with Gasteiger partial charge in [0.05, 0.1) is 11.2 Å². The topological polar surface area (TPSA) is 90.0 Å². The van der Waals surface area contributed by atoms with E-state index in [-0.39, 0.29) is 23.6 Å². The van der Waals surface area contributed by atoms with Crippen molar-refractivity contribution in [2.24, 2.45) is 0 Å². The van der Waals surface area contributed by atoms with Crippen LogP contribution >= 0.6 is 11.8 Å². The number of β-lactam (4-membered cyclic amide) rings is 1. The van der Waals surface area contributed by atoms with Crippen molar-refractivity contribution in [1.82, 2.24) is 15.1 Å². The zero-order chi connectivity index (χ0) is 19.2. The largest absolute Gasteiger partial charge is 0.480 e. The van der Waals surface area contributed by atoms with E-state index in [4.69, 9.17) is 0 Å². The molecule has 3 heterocycles. The van der Waals surface area contributed by atoms with Crippen LogP contribution in [0, 0.1) is 0 Å². The number of carboxylic acids is 1. The average Bonchev–Trinajstić information content (AvgIpc) is 2.95. The smallest absolute Gasteiger partial charge is 0.327 e. The van der Waals surface area contributed by atoms with Crippen molar-refractivity contribution in [2.75, 3.05) is 20.1 Å². The molecule has 0 saturated carbocycles. The highest BCUT2D eigenvalue weighted by Crippen LogP contribution is 2.55. The first kappa shape index (κ1) is 18.3. The van der Waals surface area contributed by atoms with Gasteiger partial charge in [-0.05, 0) is 38.5 Å². The number of aliphatic carboxylic acids is 1. The van der Waals surface area contributed by atoms with E-state index in [2.05, 4.69) is 10.2 Å². The Morgan fingerprint density at radius 1 is 1.26 bits per heavy atom. The summed E-state index contributed by atoms with van der Waals surface area (Å²) in [4.78, 5) is 40.6. The molecular formula is C19H23N3O4S. The fourth-order valence-electron chi connectivity index (χ4n) is 4.31. The second kappa shape index (κ2) is 6.83. The summed E-state index contributed by atoms with van der Waals surface area (Å²) >= 11 is 1.57. The lowest BCUT2D eigenvalue weighted by atomic mass is 9.85. The minimum Gasteiger partial charge on any atom is -0.480 e. The lowest BCUT2D eigenvalue weighted by Crippen LogP contribution is -2.71. The molecule has 0 bridgehead atoms. The number of benzene rings is 1. The minimum atomic E-state index is -0.947. The maximum Gasteiger partial charge on any atom is 0.327 e. The molecule has 2 unspecified atom stereocenters. The van der Waals surface area contributed by atoms with Gasteiger partial charge in [-0.25, -0.2) is 4.79 Å². The highest BCUT2D eigenvalue weighted by Gasteiger charge is 2.67. The Balaban J connectivity index is 1.47. The molecule has 27 heavy (non-hydrogen) atoms. The van der Waals surface area contributed by atoms with Crippen molar-refractivity contribution >= 4 is 29.5 Å². The lowest BCUT2D eigenvalue weighted by molar-refractivity contribution is -0.161. The zero-order valence-electron chi connectivity index (χ0n) is 15.1. The molecule has 1 spiro atoms. The molecule has 7 nitrogen and oxygen atoms in total. The Kier molecular flexibility index (Phi) is 4.63. The number of carboxylic acid groups (broad SMARTS) is 1. The number of nitrogens with zero attached hydrogens (tertiary/aromatic N) is 2. The van der Waals surface area contributed by atoms with Crippen LogP contribution in [-0.2, 0) is 20.8 Å². The summed E-state index contributed by atoms with van der Waals surface area (Å²) in [6.45, 7) is 1.63. The summed E-state index contributed by atoms with van der Waals surface area (Å²) in [5, 5.41) is 12.3. The van der Waals surface area contributed by atoms with Gasteiger partial charge in [0.2, 0.25) is 11.8 Å². The third-order valence-corrected chi connectivity index (χ3v) is 7.64. The summed E-state index contributed by atoms with van der Waals surface area (Å²) in [5.74, 6) is -1.44. The Morgan fingerprint density at radius 2 is 1.93 bits per heavy atom. The SMILES string of the molecule is CN1CCC2(CC1)S[C@@H]1C(NC(=O)Cc3ccccc3)C(=O)N1C2C(=O)O. The Hall–Kier alpha value is -2.06. The van der Waals surface area contributed by atoms with Crippen LogP contribution in [0.25, 0.3) is 0 Å². The van der Waals surface area contributed by atoms with E-state index in [1.165, 1.54) is 4.90 Å². The van der Waals surface area contributed by atoms with Crippen molar-refractivity contribution in [1.29, 1.82) is 0 Å². The molecule has 0 aromatic heterocycles. The molecule has 0 radical (unpaired) electrons. The molecule has 3 aliphatic heterocycles. The van der Waals surface area contributed by atoms with E-state index in [1.54, 1.807) is 11.8 Å². The number of fused-ring (bicyclic) bond motifs is 1. The molecule has 3 atom stereocenters. The molecule has 8 heteroatoms. The molecule has 3 aliphatic rings. The van der Waals surface area contributed by atoms with E-state index < -0.39 is 22.8 Å². The van der Waals surface area contributed by atoms with Gasteiger partial charge >= 0.3 is 5.97 Å². The number of hydrogen-bond acceptors (Lipinski definition) is 5. The van der Waals surface area contributed by atoms with Crippen molar-refractivity contribution < 1.29 is 19.5 Å². The van der Waals surface area contributed by atoms with Gasteiger partial charge < -0.3 is 20.2 Å². The summed E-state index contributed by atoms with van der Waals surface area (Å²) in [5.41, 5.74) is 0.882. The monoisotopic (exact) mass is 389 g/mol. The highest BCUT2D eigenvalue weighted by molar-refractivity contribution is 8.01. The number of likely N-dealkylation sites (tertiary alicyclic amines) is 1. The first-order chi connectivity index (χ1) is 12.9. The van der Waals surface area contributed by atoms with Crippen molar-refractivity contribution in [2.45, 2.75) is 41.5 Å². The highest BCUT2D eigenvalue weighted by atomic mass is 32.2. The molecule has 2 N–H and O–H groups in total. The van der Waals surface area contributed by atoms with E-state index in [0.717, 1.165) is 31.5 Å². The van der Waals surface area contributed by atoms with Crippen LogP contribution in [0.3, 0.4) is 0 Å². The van der Waals surface area contributed by atoms with Gasteiger partial charge in [-0.1, -0.05) is 30.3 Å². The molecular weight excluding hydrogens is 366 g/mol. The Labute approximate surface area is 162 Å². The summed E-state index contributed by atoms with van der Waals surface area (Å²) < 4.78 is -0.461. The van der Waals surface area contributed by atoms with Gasteiger partial charge in [0.15, 0.2) is 0 Å². The fourth-order valence-corrected chi connectivity index (χ4v) is 6.22. The molecule has 3 fully saturated rings.